The summed E-state index contributed by atoms with van der Waals surface area (Å²) < 4.78 is 6.55. The Hall–Kier alpha value is -2.06. The molecule has 0 atom stereocenters. The van der Waals surface area contributed by atoms with Crippen molar-refractivity contribution in [3.63, 3.8) is 0 Å². The van der Waals surface area contributed by atoms with Crippen molar-refractivity contribution >= 4 is 35.4 Å². The van der Waals surface area contributed by atoms with Crippen molar-refractivity contribution in [3.8, 4) is 11.4 Å². The Balaban J connectivity index is 2.05. The Morgan fingerprint density at radius 2 is 1.96 bits per heavy atom. The van der Waals surface area contributed by atoms with Gasteiger partial charge < -0.3 is 9.30 Å². The summed E-state index contributed by atoms with van der Waals surface area (Å²) in [4.78, 5) is 22.9. The van der Waals surface area contributed by atoms with Crippen LogP contribution in [0, 0.1) is 0 Å². The summed E-state index contributed by atoms with van der Waals surface area (Å²) in [5.74, 6) is 0.289. The van der Waals surface area contributed by atoms with E-state index in [2.05, 4.69) is 20.3 Å². The highest BCUT2D eigenvalue weighted by atomic mass is 35.5. The number of nitrogens with one attached hydrogen (secondary N) is 1. The number of carbonyl (C=O) groups excluding carboxylic acids is 2. The van der Waals surface area contributed by atoms with Crippen LogP contribution in [0.15, 0.2) is 29.4 Å². The minimum Gasteiger partial charge on any atom is -0.450 e. The first-order valence-corrected chi connectivity index (χ1v) is 8.70. The van der Waals surface area contributed by atoms with Gasteiger partial charge in [0.25, 0.3) is 0 Å². The number of aromatic nitrogens is 3. The highest BCUT2D eigenvalue weighted by Crippen LogP contribution is 2.24. The lowest BCUT2D eigenvalue weighted by Gasteiger charge is -2.07. The second kappa shape index (κ2) is 8.70. The minimum atomic E-state index is -0.748. The molecule has 0 spiro atoms. The molecule has 0 saturated heterocycles. The van der Waals surface area contributed by atoms with Gasteiger partial charge in [-0.2, -0.15) is 0 Å². The molecule has 1 N–H and O–H groups in total. The van der Waals surface area contributed by atoms with E-state index in [1.807, 2.05) is 23.6 Å². The van der Waals surface area contributed by atoms with Gasteiger partial charge in [-0.3, -0.25) is 10.1 Å². The zero-order valence-electron chi connectivity index (χ0n) is 13.3. The smallest absolute Gasteiger partial charge is 0.413 e. The SMILES string of the molecule is CCOC(=O)NC(=O)CSc1nnc(-c2ccc(Cl)cc2)n1CC. The normalized spacial score (nSPS) is 10.5. The Bertz CT molecular complexity index is 718. The summed E-state index contributed by atoms with van der Waals surface area (Å²) >= 11 is 7.10. The van der Waals surface area contributed by atoms with Crippen LogP contribution >= 0.6 is 23.4 Å². The third-order valence-corrected chi connectivity index (χ3v) is 4.20. The summed E-state index contributed by atoms with van der Waals surface area (Å²) in [6.07, 6.45) is -0.748. The molecule has 0 radical (unpaired) electrons. The molecule has 2 rings (SSSR count). The van der Waals surface area contributed by atoms with E-state index in [-0.39, 0.29) is 12.4 Å². The predicted octanol–water partition coefficient (Wildman–Crippen LogP) is 2.98. The third kappa shape index (κ3) is 4.72. The molecule has 0 bridgehead atoms. The minimum absolute atomic E-state index is 0.0393. The highest BCUT2D eigenvalue weighted by Gasteiger charge is 2.15. The Morgan fingerprint density at radius 3 is 2.58 bits per heavy atom. The molecular weight excluding hydrogens is 352 g/mol. The van der Waals surface area contributed by atoms with Crippen LogP contribution in [0.3, 0.4) is 0 Å². The maximum atomic E-state index is 11.7. The maximum absolute atomic E-state index is 11.7. The number of benzene rings is 1. The van der Waals surface area contributed by atoms with Crippen LogP contribution in [0.5, 0.6) is 0 Å². The van der Waals surface area contributed by atoms with Gasteiger partial charge in [0.15, 0.2) is 11.0 Å². The molecule has 0 saturated carbocycles. The third-order valence-electron chi connectivity index (χ3n) is 2.98. The monoisotopic (exact) mass is 368 g/mol. The number of carbonyl (C=O) groups is 2. The molecule has 2 amide bonds. The van der Waals surface area contributed by atoms with Crippen molar-refractivity contribution in [1.29, 1.82) is 0 Å². The van der Waals surface area contributed by atoms with E-state index in [0.29, 0.717) is 22.5 Å². The summed E-state index contributed by atoms with van der Waals surface area (Å²) in [6.45, 7) is 4.49. The fourth-order valence-corrected chi connectivity index (χ4v) is 2.87. The summed E-state index contributed by atoms with van der Waals surface area (Å²) in [6, 6.07) is 7.29. The molecule has 24 heavy (non-hydrogen) atoms. The number of thioether (sulfide) groups is 1. The number of alkyl carbamates (subject to hydrolysis) is 1. The van der Waals surface area contributed by atoms with E-state index >= 15 is 0 Å². The van der Waals surface area contributed by atoms with Crippen molar-refractivity contribution in [2.75, 3.05) is 12.4 Å². The lowest BCUT2D eigenvalue weighted by molar-refractivity contribution is -0.117. The Labute approximate surface area is 148 Å². The molecule has 0 aliphatic heterocycles. The lowest BCUT2D eigenvalue weighted by Crippen LogP contribution is -2.32. The number of hydrogen-bond donors (Lipinski definition) is 1. The number of ether oxygens (including phenoxy) is 1. The van der Waals surface area contributed by atoms with Gasteiger partial charge in [-0.1, -0.05) is 23.4 Å². The van der Waals surface area contributed by atoms with E-state index in [1.54, 1.807) is 19.1 Å². The van der Waals surface area contributed by atoms with Crippen LogP contribution in [0.1, 0.15) is 13.8 Å². The second-order valence-electron chi connectivity index (χ2n) is 4.61. The van der Waals surface area contributed by atoms with Crippen molar-refractivity contribution in [1.82, 2.24) is 20.1 Å². The zero-order chi connectivity index (χ0) is 17.5. The molecule has 0 aliphatic carbocycles. The fraction of sp³-hybridized carbons (Fsp3) is 0.333. The molecule has 1 aromatic carbocycles. The van der Waals surface area contributed by atoms with Gasteiger partial charge in [-0.25, -0.2) is 4.79 Å². The molecule has 1 heterocycles. The van der Waals surface area contributed by atoms with E-state index in [1.165, 1.54) is 11.8 Å². The quantitative estimate of drug-likeness (QED) is 0.789. The van der Waals surface area contributed by atoms with E-state index in [0.717, 1.165) is 5.56 Å². The van der Waals surface area contributed by atoms with E-state index in [4.69, 9.17) is 11.6 Å². The van der Waals surface area contributed by atoms with Crippen molar-refractivity contribution in [2.24, 2.45) is 0 Å². The van der Waals surface area contributed by atoms with Crippen molar-refractivity contribution in [3.05, 3.63) is 29.3 Å². The largest absolute Gasteiger partial charge is 0.450 e. The standard InChI is InChI=1S/C15H17ClN4O3S/c1-3-20-13(10-5-7-11(16)8-6-10)18-19-14(20)24-9-12(21)17-15(22)23-4-2/h5-8H,3-4,9H2,1-2H3,(H,17,21,22). The molecule has 0 aliphatic rings. The fourth-order valence-electron chi connectivity index (χ4n) is 1.94. The first kappa shape index (κ1) is 18.3. The van der Waals surface area contributed by atoms with Gasteiger partial charge >= 0.3 is 6.09 Å². The van der Waals surface area contributed by atoms with E-state index in [9.17, 15) is 9.59 Å². The molecule has 0 fully saturated rings. The molecule has 7 nitrogen and oxygen atoms in total. The van der Waals surface area contributed by atoms with Gasteiger partial charge in [0, 0.05) is 17.1 Å². The average molecular weight is 369 g/mol. The first-order chi connectivity index (χ1) is 11.5. The average Bonchev–Trinajstić information content (AvgIpc) is 2.96. The van der Waals surface area contributed by atoms with Crippen LogP contribution < -0.4 is 5.32 Å². The van der Waals surface area contributed by atoms with E-state index < -0.39 is 12.0 Å². The van der Waals surface area contributed by atoms with Crippen molar-refractivity contribution < 1.29 is 14.3 Å². The lowest BCUT2D eigenvalue weighted by atomic mass is 10.2. The van der Waals surface area contributed by atoms with Gasteiger partial charge in [-0.05, 0) is 38.1 Å². The molecule has 1 aromatic heterocycles. The van der Waals surface area contributed by atoms with Crippen LogP contribution in [0.25, 0.3) is 11.4 Å². The van der Waals surface area contributed by atoms with Crippen LogP contribution in [-0.2, 0) is 16.1 Å². The number of rotatable bonds is 6. The molecule has 9 heteroatoms. The van der Waals surface area contributed by atoms with Crippen LogP contribution in [0.2, 0.25) is 5.02 Å². The van der Waals surface area contributed by atoms with Crippen LogP contribution in [0.4, 0.5) is 4.79 Å². The number of amides is 2. The van der Waals surface area contributed by atoms with Crippen LogP contribution in [-0.4, -0.2) is 39.1 Å². The summed E-state index contributed by atoms with van der Waals surface area (Å²) in [7, 11) is 0. The molecular formula is C15H17ClN4O3S. The zero-order valence-corrected chi connectivity index (χ0v) is 14.9. The topological polar surface area (TPSA) is 86.1 Å². The second-order valence-corrected chi connectivity index (χ2v) is 5.99. The number of imide groups is 1. The highest BCUT2D eigenvalue weighted by molar-refractivity contribution is 7.99. The molecule has 128 valence electrons. The Morgan fingerprint density at radius 1 is 1.25 bits per heavy atom. The number of hydrogen-bond acceptors (Lipinski definition) is 6. The number of nitrogens with zero attached hydrogens (tertiary/aromatic N) is 3. The summed E-state index contributed by atoms with van der Waals surface area (Å²) in [5, 5.41) is 11.7. The Kier molecular flexibility index (Phi) is 6.62. The first-order valence-electron chi connectivity index (χ1n) is 7.33. The predicted molar refractivity (Wildman–Crippen MR) is 92.0 cm³/mol. The number of halogens is 1. The van der Waals surface area contributed by atoms with Gasteiger partial charge in [0.05, 0.1) is 12.4 Å². The van der Waals surface area contributed by atoms with Gasteiger partial charge in [0.2, 0.25) is 5.91 Å². The van der Waals surface area contributed by atoms with Gasteiger partial charge in [0.1, 0.15) is 0 Å². The van der Waals surface area contributed by atoms with Gasteiger partial charge in [-0.15, -0.1) is 10.2 Å². The molecule has 0 unspecified atom stereocenters. The van der Waals surface area contributed by atoms with Crippen molar-refractivity contribution in [2.45, 2.75) is 25.5 Å². The molecule has 2 aromatic rings. The summed E-state index contributed by atoms with van der Waals surface area (Å²) in [5.41, 5.74) is 0.886. The maximum Gasteiger partial charge on any atom is 0.413 e.